The number of nitrogens with zero attached hydrogens (tertiary/aromatic N) is 23. The minimum Gasteiger partial charge on any atom is -0.344 e. The molecular weight excluding hydrogens is 1570 g/mol. The molecule has 5 aliphatic heterocycles. The fourth-order valence-electron chi connectivity index (χ4n) is 22.9. The van der Waals surface area contributed by atoms with Gasteiger partial charge >= 0.3 is 0 Å². The first-order chi connectivity index (χ1) is 59.5. The molecule has 0 bridgehead atoms. The monoisotopic (exact) mass is 1770 g/mol. The van der Waals surface area contributed by atoms with E-state index >= 15 is 0 Å². The van der Waals surface area contributed by atoms with Gasteiger partial charge in [-0.2, -0.15) is 44.9 Å². The molecule has 5 saturated heterocycles. The molecule has 8 heterocycles. The van der Waals surface area contributed by atoms with Crippen molar-refractivity contribution in [3.8, 4) is 0 Å². The summed E-state index contributed by atoms with van der Waals surface area (Å²) in [6.07, 6.45) is 36.4. The van der Waals surface area contributed by atoms with Gasteiger partial charge in [-0.25, -0.2) is 0 Å². The Kier molecular flexibility index (Phi) is 39.2. The lowest BCUT2D eigenvalue weighted by Gasteiger charge is -2.56. The number of hydrogen-bond donors (Lipinski definition) is 0. The molecule has 0 saturated carbocycles. The van der Waals surface area contributed by atoms with Crippen molar-refractivity contribution in [3.63, 3.8) is 0 Å². The molecule has 0 spiro atoms. The van der Waals surface area contributed by atoms with Crippen LogP contribution in [0.5, 0.6) is 0 Å². The first-order valence-corrected chi connectivity index (χ1v) is 52.3. The summed E-state index contributed by atoms with van der Waals surface area (Å²) in [7, 11) is 14.0. The van der Waals surface area contributed by atoms with Crippen molar-refractivity contribution in [1.29, 1.82) is 0 Å². The second kappa shape index (κ2) is 46.3. The Morgan fingerprint density at radius 2 is 0.339 bits per heavy atom. The lowest BCUT2D eigenvalue weighted by Crippen LogP contribution is -2.63. The molecule has 23 nitrogen and oxygen atoms in total. The van der Waals surface area contributed by atoms with Crippen molar-refractivity contribution in [2.24, 2.45) is 0 Å². The molecule has 0 radical (unpaired) electrons. The maximum atomic E-state index is 6.18. The fraction of sp³-hybridized carbons (Fsp3) is 0.913. The molecule has 0 aliphatic carbocycles. The minimum atomic E-state index is -0.0797. The summed E-state index contributed by atoms with van der Waals surface area (Å²) >= 11 is 0. The van der Waals surface area contributed by atoms with Gasteiger partial charge in [0.05, 0.1) is 0 Å². The van der Waals surface area contributed by atoms with Gasteiger partial charge in [0.25, 0.3) is 0 Å². The first kappa shape index (κ1) is 107. The zero-order chi connectivity index (χ0) is 94.1. The highest BCUT2D eigenvalue weighted by atomic mass is 15.5. The van der Waals surface area contributed by atoms with Crippen molar-refractivity contribution in [2.45, 2.75) is 498 Å². The van der Waals surface area contributed by atoms with Crippen LogP contribution in [0.25, 0.3) is 0 Å². The highest BCUT2D eigenvalue weighted by molar-refractivity contribution is 5.52. The Morgan fingerprint density at radius 3 is 0.528 bits per heavy atom. The lowest BCUT2D eigenvalue weighted by atomic mass is 9.77. The highest BCUT2D eigenvalue weighted by Crippen LogP contribution is 2.48. The van der Waals surface area contributed by atoms with Crippen molar-refractivity contribution in [2.75, 3.05) is 165 Å². The molecular formula is C104H199N23. The van der Waals surface area contributed by atoms with E-state index in [2.05, 4.69) is 305 Å². The molecule has 0 atom stereocenters. The van der Waals surface area contributed by atoms with Gasteiger partial charge in [0.2, 0.25) is 53.5 Å². The molecule has 0 N–H and O–H groups in total. The van der Waals surface area contributed by atoms with Crippen LogP contribution in [0, 0.1) is 0 Å². The molecule has 127 heavy (non-hydrogen) atoms. The molecule has 730 valence electrons. The summed E-state index contributed by atoms with van der Waals surface area (Å²) < 4.78 is 0. The number of likely N-dealkylation sites (tertiary alicyclic amines) is 5. The molecule has 23 heteroatoms. The van der Waals surface area contributed by atoms with E-state index in [-0.39, 0.29) is 85.6 Å². The fourth-order valence-corrected chi connectivity index (χ4v) is 22.9. The van der Waals surface area contributed by atoms with Gasteiger partial charge in [0.1, 0.15) is 0 Å². The molecule has 5 aliphatic rings. The topological polar surface area (TPSA) is 161 Å². The van der Waals surface area contributed by atoms with Crippen molar-refractivity contribution >= 4 is 53.5 Å². The Bertz CT molecular complexity index is 3570. The second-order valence-corrected chi connectivity index (χ2v) is 46.9. The summed E-state index contributed by atoms with van der Waals surface area (Å²) in [6, 6.07) is 1.12. The Balaban J connectivity index is 1.23. The quantitative estimate of drug-likeness (QED) is 0.0490. The van der Waals surface area contributed by atoms with Crippen LogP contribution in [0.1, 0.15) is 412 Å². The Hall–Kier alpha value is -4.97. The highest BCUT2D eigenvalue weighted by Gasteiger charge is 2.52. The smallest absolute Gasteiger partial charge is 0.232 e. The van der Waals surface area contributed by atoms with Crippen LogP contribution in [0.3, 0.4) is 0 Å². The third-order valence-electron chi connectivity index (χ3n) is 32.3. The number of rotatable bonds is 52. The molecule has 5 fully saturated rings. The van der Waals surface area contributed by atoms with Gasteiger partial charge in [0.15, 0.2) is 0 Å². The molecule has 3 aromatic heterocycles. The van der Waals surface area contributed by atoms with Crippen LogP contribution in [0.2, 0.25) is 0 Å². The van der Waals surface area contributed by atoms with Crippen LogP contribution in [-0.4, -0.2) is 276 Å². The normalized spacial score (nSPS) is 21.0. The third kappa shape index (κ3) is 28.1. The molecule has 3 aromatic rings. The van der Waals surface area contributed by atoms with Crippen molar-refractivity contribution in [3.05, 3.63) is 0 Å². The Labute approximate surface area is 781 Å². The average molecular weight is 1770 g/mol. The number of piperidine rings is 5. The second-order valence-electron chi connectivity index (χ2n) is 46.9. The first-order valence-electron chi connectivity index (χ1n) is 52.3. The van der Waals surface area contributed by atoms with E-state index in [9.17, 15) is 0 Å². The zero-order valence-electron chi connectivity index (χ0n) is 89.2. The van der Waals surface area contributed by atoms with Crippen LogP contribution in [0.15, 0.2) is 0 Å². The van der Waals surface area contributed by atoms with Gasteiger partial charge in [-0.15, -0.1) is 0 Å². The number of unbranched alkanes of at least 4 members (excludes halogenated alkanes) is 14. The van der Waals surface area contributed by atoms with E-state index in [1.54, 1.807) is 0 Å². The predicted octanol–water partition coefficient (Wildman–Crippen LogP) is 22.3. The van der Waals surface area contributed by atoms with Gasteiger partial charge in [-0.05, 0) is 315 Å². The van der Waals surface area contributed by atoms with Gasteiger partial charge < -0.3 is 44.1 Å². The number of aromatic nitrogens is 9. The molecule has 0 unspecified atom stereocenters. The van der Waals surface area contributed by atoms with E-state index in [0.717, 1.165) is 350 Å². The van der Waals surface area contributed by atoms with Gasteiger partial charge in [-0.1, -0.05) is 132 Å². The SMILES string of the molecule is CCCCN(C)c1nc(N(CCCC)CCCC)nc(N(CCCCCCN(c2nc(N(CCCC)C3CC(C)(C)N(C)C(C)(C)C3)nc(N(CCCCCCN(c3nc(N(CCCC)CCCC)nc(N(CCCC)CCCC)n3)C3CC(C)(C)N(C)C(C)(C)C3)C3CC(C)(C)N(C)C(C)(C)C3)n2)C2CC(C)(C)N(C)C(C)(C)C2)C2CC(C)(C)N(C)C(C)(C)C2)n1. The standard InChI is InChI=1S/C104H199N23/c1-35-43-59-114(29)86-105-87(120(60-44-36-2)61-45-37-3)108-90(106-86)124(82-73-97(13,14)116(31)98(15,16)74-82)67-55-51-53-57-69-126(84-77-101(21,22)118(33)102(23,24)78-84)93-111-92(123(66-50-42-8)81-71-95(9,10)115(30)96(11,12)72-81)112-94(113-93)127(85-79-103(25,26)119(34)104(27,28)80-85)70-58-54-52-56-68-125(83-75-99(17,18)117(32)100(19,20)76-83)91-109-88(121(62-46-38-4)63-47-39-5)107-89(110-91)122(64-48-40-6)65-49-41-7/h81-85H,35-80H2,1-34H3. The predicted molar refractivity (Wildman–Crippen MR) is 547 cm³/mol. The van der Waals surface area contributed by atoms with E-state index in [0.29, 0.717) is 0 Å². The number of hydrogen-bond acceptors (Lipinski definition) is 23. The molecule has 0 amide bonds. The average Bonchev–Trinajstić information content (AvgIpc) is 0.758. The number of anilines is 9. The van der Waals surface area contributed by atoms with E-state index in [4.69, 9.17) is 44.9 Å². The van der Waals surface area contributed by atoms with E-state index < -0.39 is 0 Å². The maximum Gasteiger partial charge on any atom is 0.232 e. The Morgan fingerprint density at radius 1 is 0.197 bits per heavy atom. The summed E-state index contributed by atoms with van der Waals surface area (Å²) in [6.45, 7) is 78.9. The van der Waals surface area contributed by atoms with Gasteiger partial charge in [-0.3, -0.25) is 24.5 Å². The van der Waals surface area contributed by atoms with Crippen molar-refractivity contribution < 1.29 is 0 Å². The van der Waals surface area contributed by atoms with Crippen LogP contribution < -0.4 is 44.1 Å². The van der Waals surface area contributed by atoms with E-state index in [1.807, 2.05) is 0 Å². The van der Waals surface area contributed by atoms with Crippen LogP contribution in [-0.2, 0) is 0 Å². The zero-order valence-corrected chi connectivity index (χ0v) is 89.2. The summed E-state index contributed by atoms with van der Waals surface area (Å²) in [5.74, 6) is 7.67. The van der Waals surface area contributed by atoms with Crippen LogP contribution in [0.4, 0.5) is 53.5 Å². The third-order valence-corrected chi connectivity index (χ3v) is 32.3. The molecule has 0 aromatic carbocycles. The van der Waals surface area contributed by atoms with E-state index in [1.165, 1.54) is 0 Å². The summed E-state index contributed by atoms with van der Waals surface area (Å²) in [5.41, 5.74) is -0.511. The summed E-state index contributed by atoms with van der Waals surface area (Å²) in [5, 5.41) is 0. The summed E-state index contributed by atoms with van der Waals surface area (Å²) in [4.78, 5) is 88.5. The minimum absolute atomic E-state index is 0.0237. The molecule has 8 rings (SSSR count). The van der Waals surface area contributed by atoms with Crippen molar-refractivity contribution in [1.82, 2.24) is 69.4 Å². The largest absolute Gasteiger partial charge is 0.344 e. The van der Waals surface area contributed by atoms with Crippen LogP contribution >= 0.6 is 0 Å². The van der Waals surface area contributed by atoms with Gasteiger partial charge in [0, 0.05) is 171 Å². The maximum absolute atomic E-state index is 6.18. The lowest BCUT2D eigenvalue weighted by molar-refractivity contribution is -0.0136.